The summed E-state index contributed by atoms with van der Waals surface area (Å²) in [5.41, 5.74) is 7.81. The molecule has 0 spiro atoms. The molecular weight excluding hydrogens is 368 g/mol. The van der Waals surface area contributed by atoms with Crippen molar-refractivity contribution in [3.8, 4) is 0 Å². The largest absolute Gasteiger partial charge is 0.399 e. The zero-order valence-corrected chi connectivity index (χ0v) is 15.0. The first-order valence-electron chi connectivity index (χ1n) is 8.09. The van der Waals surface area contributed by atoms with E-state index in [2.05, 4.69) is 37.2 Å². The molecule has 24 heavy (non-hydrogen) atoms. The second-order valence-electron chi connectivity index (χ2n) is 6.17. The molecule has 6 heteroatoms. The quantitative estimate of drug-likeness (QED) is 0.788. The number of rotatable bonds is 4. The fraction of sp³-hybridized carbons (Fsp3) is 0.333. The third-order valence-corrected chi connectivity index (χ3v) is 4.68. The van der Waals surface area contributed by atoms with Gasteiger partial charge >= 0.3 is 0 Å². The highest BCUT2D eigenvalue weighted by Gasteiger charge is 2.26. The Morgan fingerprint density at radius 2 is 2.25 bits per heavy atom. The monoisotopic (exact) mass is 388 g/mol. The summed E-state index contributed by atoms with van der Waals surface area (Å²) in [6.45, 7) is 2.59. The second-order valence-corrected chi connectivity index (χ2v) is 7.09. The van der Waals surface area contributed by atoms with Crippen molar-refractivity contribution in [1.29, 1.82) is 0 Å². The minimum absolute atomic E-state index is 0.00902. The van der Waals surface area contributed by atoms with Gasteiger partial charge in [-0.05, 0) is 65.1 Å². The summed E-state index contributed by atoms with van der Waals surface area (Å²) in [5.74, 6) is 0.628. The molecule has 3 N–H and O–H groups in total. The van der Waals surface area contributed by atoms with E-state index in [1.54, 1.807) is 12.3 Å². The van der Waals surface area contributed by atoms with Gasteiger partial charge in [0.2, 0.25) is 5.91 Å². The van der Waals surface area contributed by atoms with Crippen LogP contribution in [0, 0.1) is 5.92 Å². The number of anilines is 2. The van der Waals surface area contributed by atoms with Crippen LogP contribution in [0.3, 0.4) is 0 Å². The Kier molecular flexibility index (Phi) is 5.48. The van der Waals surface area contributed by atoms with Gasteiger partial charge in [-0.3, -0.25) is 9.69 Å². The maximum atomic E-state index is 12.5. The molecule has 1 atom stereocenters. The van der Waals surface area contributed by atoms with E-state index in [1.807, 2.05) is 24.3 Å². The Bertz CT molecular complexity index is 704. The summed E-state index contributed by atoms with van der Waals surface area (Å²) in [5, 5.41) is 2.91. The molecule has 1 aromatic heterocycles. The van der Waals surface area contributed by atoms with E-state index in [1.165, 1.54) is 5.56 Å². The smallest absolute Gasteiger partial charge is 0.229 e. The molecule has 2 heterocycles. The van der Waals surface area contributed by atoms with Crippen LogP contribution < -0.4 is 11.1 Å². The zero-order chi connectivity index (χ0) is 16.9. The molecule has 1 unspecified atom stereocenters. The second kappa shape index (κ2) is 7.77. The number of nitrogens with two attached hydrogens (primary N) is 1. The van der Waals surface area contributed by atoms with Crippen LogP contribution in [0.15, 0.2) is 47.1 Å². The summed E-state index contributed by atoms with van der Waals surface area (Å²) in [6.07, 6.45) is 3.62. The molecule has 1 fully saturated rings. The van der Waals surface area contributed by atoms with Crippen molar-refractivity contribution < 1.29 is 4.79 Å². The summed E-state index contributed by atoms with van der Waals surface area (Å²) >= 11 is 3.34. The number of hydrogen-bond donors (Lipinski definition) is 2. The molecule has 126 valence electrons. The molecule has 1 aliphatic heterocycles. The Labute approximate surface area is 150 Å². The topological polar surface area (TPSA) is 71.2 Å². The fourth-order valence-electron chi connectivity index (χ4n) is 3.04. The van der Waals surface area contributed by atoms with Crippen LogP contribution in [0.5, 0.6) is 0 Å². The number of pyridine rings is 1. The first-order valence-corrected chi connectivity index (χ1v) is 8.88. The highest BCUT2D eigenvalue weighted by Crippen LogP contribution is 2.21. The van der Waals surface area contributed by atoms with Gasteiger partial charge in [-0.15, -0.1) is 0 Å². The average Bonchev–Trinajstić information content (AvgIpc) is 2.57. The molecule has 1 saturated heterocycles. The van der Waals surface area contributed by atoms with Gasteiger partial charge in [0.15, 0.2) is 0 Å². The number of nitrogen functional groups attached to an aromatic ring is 1. The van der Waals surface area contributed by atoms with E-state index < -0.39 is 0 Å². The normalized spacial score (nSPS) is 18.3. The van der Waals surface area contributed by atoms with Crippen molar-refractivity contribution in [3.63, 3.8) is 0 Å². The van der Waals surface area contributed by atoms with E-state index in [0.717, 1.165) is 42.6 Å². The van der Waals surface area contributed by atoms with Crippen molar-refractivity contribution >= 4 is 33.3 Å². The van der Waals surface area contributed by atoms with Gasteiger partial charge < -0.3 is 11.1 Å². The third kappa shape index (κ3) is 4.55. The summed E-state index contributed by atoms with van der Waals surface area (Å²) in [4.78, 5) is 19.0. The molecule has 0 radical (unpaired) electrons. The van der Waals surface area contributed by atoms with Gasteiger partial charge in [-0.1, -0.05) is 12.1 Å². The maximum absolute atomic E-state index is 12.5. The molecule has 1 aliphatic rings. The number of benzene rings is 1. The van der Waals surface area contributed by atoms with Crippen LogP contribution in [0.1, 0.15) is 18.4 Å². The van der Waals surface area contributed by atoms with Gasteiger partial charge in [0.1, 0.15) is 5.82 Å². The molecule has 0 bridgehead atoms. The summed E-state index contributed by atoms with van der Waals surface area (Å²) in [6, 6.07) is 11.6. The molecule has 0 aliphatic carbocycles. The van der Waals surface area contributed by atoms with E-state index in [9.17, 15) is 4.79 Å². The number of likely N-dealkylation sites (tertiary alicyclic amines) is 1. The zero-order valence-electron chi connectivity index (χ0n) is 13.4. The van der Waals surface area contributed by atoms with Crippen molar-refractivity contribution in [2.45, 2.75) is 19.4 Å². The van der Waals surface area contributed by atoms with Gasteiger partial charge in [-0.2, -0.15) is 0 Å². The lowest BCUT2D eigenvalue weighted by Gasteiger charge is -2.32. The summed E-state index contributed by atoms with van der Waals surface area (Å²) < 4.78 is 0.895. The van der Waals surface area contributed by atoms with Crippen molar-refractivity contribution in [3.05, 3.63) is 52.6 Å². The minimum Gasteiger partial charge on any atom is -0.399 e. The van der Waals surface area contributed by atoms with Crippen LogP contribution in [0.25, 0.3) is 0 Å². The number of halogens is 1. The Balaban J connectivity index is 1.58. The van der Waals surface area contributed by atoms with Gasteiger partial charge in [0.05, 0.1) is 5.92 Å². The lowest BCUT2D eigenvalue weighted by atomic mass is 9.96. The van der Waals surface area contributed by atoms with Crippen LogP contribution in [-0.4, -0.2) is 28.9 Å². The third-order valence-electron chi connectivity index (χ3n) is 4.21. The van der Waals surface area contributed by atoms with Crippen molar-refractivity contribution in [1.82, 2.24) is 9.88 Å². The number of carbonyl (C=O) groups excluding carboxylic acids is 1. The number of aromatic nitrogens is 1. The van der Waals surface area contributed by atoms with Gasteiger partial charge in [0.25, 0.3) is 0 Å². The number of carbonyl (C=O) groups is 1. The molecule has 5 nitrogen and oxygen atoms in total. The number of hydrogen-bond acceptors (Lipinski definition) is 4. The molecular formula is C18H21BrN4O. The first-order chi connectivity index (χ1) is 11.6. The first kappa shape index (κ1) is 16.9. The van der Waals surface area contributed by atoms with Crippen molar-refractivity contribution in [2.24, 2.45) is 5.92 Å². The van der Waals surface area contributed by atoms with Gasteiger partial charge in [0, 0.05) is 29.4 Å². The highest BCUT2D eigenvalue weighted by atomic mass is 79.9. The highest BCUT2D eigenvalue weighted by molar-refractivity contribution is 9.10. The van der Waals surface area contributed by atoms with E-state index in [4.69, 9.17) is 5.73 Å². The van der Waals surface area contributed by atoms with Crippen LogP contribution in [0.4, 0.5) is 11.5 Å². The maximum Gasteiger partial charge on any atom is 0.229 e. The Morgan fingerprint density at radius 3 is 3.00 bits per heavy atom. The number of nitrogens with one attached hydrogen (secondary N) is 1. The van der Waals surface area contributed by atoms with Crippen molar-refractivity contribution in [2.75, 3.05) is 24.1 Å². The van der Waals surface area contributed by atoms with E-state index in [-0.39, 0.29) is 11.8 Å². The lowest BCUT2D eigenvalue weighted by Crippen LogP contribution is -2.40. The number of piperidine rings is 1. The molecule has 1 aromatic carbocycles. The van der Waals surface area contributed by atoms with E-state index >= 15 is 0 Å². The van der Waals surface area contributed by atoms with E-state index in [0.29, 0.717) is 5.82 Å². The molecule has 0 saturated carbocycles. The predicted molar refractivity (Wildman–Crippen MR) is 99.4 cm³/mol. The van der Waals surface area contributed by atoms with Crippen LogP contribution in [-0.2, 0) is 11.3 Å². The molecule has 3 rings (SSSR count). The number of amides is 1. The van der Waals surface area contributed by atoms with Gasteiger partial charge in [-0.25, -0.2) is 4.98 Å². The SMILES string of the molecule is Nc1cccc(CN2CCCC(C(=O)Nc3ccc(Br)cn3)C2)c1. The Morgan fingerprint density at radius 1 is 1.38 bits per heavy atom. The lowest BCUT2D eigenvalue weighted by molar-refractivity contribution is -0.121. The standard InChI is InChI=1S/C18H21BrN4O/c19-15-6-7-17(21-10-15)22-18(24)14-4-2-8-23(12-14)11-13-3-1-5-16(20)9-13/h1,3,5-7,9-10,14H,2,4,8,11-12,20H2,(H,21,22,24). The number of nitrogens with zero attached hydrogens (tertiary/aromatic N) is 2. The Hall–Kier alpha value is -1.92. The predicted octanol–water partition coefficient (Wildman–Crippen LogP) is 3.28. The van der Waals surface area contributed by atoms with Crippen LogP contribution in [0.2, 0.25) is 0 Å². The minimum atomic E-state index is -0.00902. The fourth-order valence-corrected chi connectivity index (χ4v) is 3.28. The summed E-state index contributed by atoms with van der Waals surface area (Å²) in [7, 11) is 0. The average molecular weight is 389 g/mol. The molecule has 2 aromatic rings. The molecule has 1 amide bonds. The van der Waals surface area contributed by atoms with Crippen LogP contribution >= 0.6 is 15.9 Å².